The van der Waals surface area contributed by atoms with Crippen molar-refractivity contribution in [2.24, 2.45) is 5.10 Å². The number of amides is 1. The molecule has 204 valence electrons. The fourth-order valence-electron chi connectivity index (χ4n) is 4.79. The van der Waals surface area contributed by atoms with E-state index >= 15 is 0 Å². The average molecular weight is 551 g/mol. The fourth-order valence-corrected chi connectivity index (χ4v) is 4.79. The molecule has 1 atom stereocenters. The molecule has 1 aliphatic heterocycles. The van der Waals surface area contributed by atoms with Gasteiger partial charge in [-0.05, 0) is 48.4 Å². The van der Waals surface area contributed by atoms with E-state index in [1.54, 1.807) is 24.3 Å². The number of hydrogen-bond acceptors (Lipinski definition) is 4. The maximum Gasteiger partial charge on any atom is 0.337 e. The van der Waals surface area contributed by atoms with Crippen molar-refractivity contribution in [3.05, 3.63) is 105 Å². The van der Waals surface area contributed by atoms with Crippen molar-refractivity contribution in [1.82, 2.24) is 9.99 Å². The number of pyridine rings is 1. The van der Waals surface area contributed by atoms with Crippen molar-refractivity contribution >= 4 is 28.5 Å². The van der Waals surface area contributed by atoms with Gasteiger partial charge in [0, 0.05) is 22.9 Å². The van der Waals surface area contributed by atoms with Gasteiger partial charge in [-0.25, -0.2) is 13.8 Å². The second kappa shape index (κ2) is 10.1. The van der Waals surface area contributed by atoms with Crippen LogP contribution in [-0.4, -0.2) is 38.6 Å². The highest BCUT2D eigenvalue weighted by Gasteiger charge is 2.49. The summed E-state index contributed by atoms with van der Waals surface area (Å²) in [6.07, 6.45) is -1.93. The van der Waals surface area contributed by atoms with E-state index in [0.717, 1.165) is 23.8 Å². The van der Waals surface area contributed by atoms with E-state index in [9.17, 15) is 31.9 Å². The molecule has 5 rings (SSSR count). The number of carbonyl (C=O) groups excluding carboxylic acids is 1. The van der Waals surface area contributed by atoms with Crippen LogP contribution in [0.2, 0.25) is 0 Å². The van der Waals surface area contributed by atoms with Crippen LogP contribution in [0, 0.1) is 18.6 Å². The van der Waals surface area contributed by atoms with Crippen molar-refractivity contribution in [1.29, 1.82) is 0 Å². The summed E-state index contributed by atoms with van der Waals surface area (Å²) >= 11 is 0. The van der Waals surface area contributed by atoms with E-state index < -0.39 is 47.5 Å². The van der Waals surface area contributed by atoms with Crippen LogP contribution in [0.1, 0.15) is 35.6 Å². The Kier molecular flexibility index (Phi) is 6.74. The number of carbonyl (C=O) groups is 2. The number of halogens is 4. The van der Waals surface area contributed by atoms with Crippen molar-refractivity contribution < 1.29 is 32.3 Å². The van der Waals surface area contributed by atoms with Crippen molar-refractivity contribution in [3.63, 3.8) is 0 Å². The van der Waals surface area contributed by atoms with Crippen LogP contribution in [0.15, 0.2) is 76.6 Å². The number of aryl methyl sites for hydroxylation is 1. The summed E-state index contributed by atoms with van der Waals surface area (Å²) in [5.74, 6) is -9.18. The maximum atomic E-state index is 14.7. The van der Waals surface area contributed by atoms with Crippen molar-refractivity contribution in [2.45, 2.75) is 31.7 Å². The van der Waals surface area contributed by atoms with Crippen LogP contribution in [0.4, 0.5) is 17.6 Å². The van der Waals surface area contributed by atoms with Crippen LogP contribution in [-0.2, 0) is 9.59 Å². The highest BCUT2D eigenvalue weighted by atomic mass is 19.3. The third-order valence-corrected chi connectivity index (χ3v) is 6.66. The maximum absolute atomic E-state index is 14.7. The molecule has 11 heteroatoms. The van der Waals surface area contributed by atoms with E-state index in [1.165, 1.54) is 24.3 Å². The fraction of sp³-hybridized carbons (Fsp3) is 0.172. The summed E-state index contributed by atoms with van der Waals surface area (Å²) in [5.41, 5.74) is 1.20. The molecule has 0 saturated heterocycles. The Bertz CT molecular complexity index is 1730. The number of hydrazone groups is 1. The molecule has 0 fully saturated rings. The van der Waals surface area contributed by atoms with E-state index in [0.29, 0.717) is 16.1 Å². The van der Waals surface area contributed by atoms with Gasteiger partial charge < -0.3 is 10.1 Å². The number of H-pyrrole nitrogens is 1. The van der Waals surface area contributed by atoms with Gasteiger partial charge in [-0.15, -0.1) is 0 Å². The second-order valence-corrected chi connectivity index (χ2v) is 9.50. The third-order valence-electron chi connectivity index (χ3n) is 6.66. The number of fused-ring (bicyclic) bond motifs is 1. The largest absolute Gasteiger partial charge is 0.481 e. The minimum atomic E-state index is -4.29. The Balaban J connectivity index is 1.74. The number of aliphatic carboxylic acids is 1. The minimum Gasteiger partial charge on any atom is -0.481 e. The topological polar surface area (TPSA) is 103 Å². The number of aromatic nitrogens is 1. The predicted molar refractivity (Wildman–Crippen MR) is 139 cm³/mol. The number of alkyl halides is 2. The number of carboxylic acids is 1. The molecule has 40 heavy (non-hydrogen) atoms. The van der Waals surface area contributed by atoms with Gasteiger partial charge in [-0.2, -0.15) is 13.9 Å². The van der Waals surface area contributed by atoms with E-state index in [4.69, 9.17) is 5.11 Å². The Morgan fingerprint density at radius 3 is 2.30 bits per heavy atom. The van der Waals surface area contributed by atoms with Crippen LogP contribution in [0.25, 0.3) is 22.0 Å². The zero-order chi connectivity index (χ0) is 28.8. The first kappa shape index (κ1) is 26.8. The van der Waals surface area contributed by atoms with Gasteiger partial charge in [0.25, 0.3) is 5.56 Å². The molecule has 0 saturated carbocycles. The molecule has 7 nitrogen and oxygen atoms in total. The molecule has 3 aromatic carbocycles. The number of aromatic amines is 1. The van der Waals surface area contributed by atoms with E-state index in [2.05, 4.69) is 10.1 Å². The molecule has 0 spiro atoms. The zero-order valence-electron chi connectivity index (χ0n) is 20.9. The lowest BCUT2D eigenvalue weighted by Crippen LogP contribution is -2.42. The lowest BCUT2D eigenvalue weighted by molar-refractivity contribution is -0.167. The SMILES string of the molecule is Cc1ccc(C2CC(c3c(-c4ccc(F)cc4)c4cc(F)ccc4[nH]c3=O)=NN2C(=O)C(F)(F)CC(=O)O)cc1. The Morgan fingerprint density at radius 2 is 1.65 bits per heavy atom. The van der Waals surface area contributed by atoms with Gasteiger partial charge in [-0.1, -0.05) is 42.0 Å². The van der Waals surface area contributed by atoms with Gasteiger partial charge in [0.1, 0.15) is 18.1 Å². The molecule has 2 N–H and O–H groups in total. The number of hydrogen-bond donors (Lipinski definition) is 2. The Morgan fingerprint density at radius 1 is 1.00 bits per heavy atom. The average Bonchev–Trinajstić information content (AvgIpc) is 3.32. The first-order valence-electron chi connectivity index (χ1n) is 12.1. The van der Waals surface area contributed by atoms with Gasteiger partial charge >= 0.3 is 17.8 Å². The molecular formula is C29H21F4N3O4. The predicted octanol–water partition coefficient (Wildman–Crippen LogP) is 5.57. The molecule has 1 unspecified atom stereocenters. The Hall–Kier alpha value is -4.80. The standard InChI is InChI=1S/C29H21F4N3O4/c1-15-2-4-16(5-3-15)23-13-22(35-36(23)28(40)29(32,33)14-24(37)38)26-25(17-6-8-18(30)9-7-17)20-12-19(31)10-11-21(20)34-27(26)39/h2-12,23H,13-14H2,1H3,(H,34,39)(H,37,38). The highest BCUT2D eigenvalue weighted by molar-refractivity contribution is 6.13. The van der Waals surface area contributed by atoms with E-state index in [-0.39, 0.29) is 34.2 Å². The summed E-state index contributed by atoms with van der Waals surface area (Å²) in [7, 11) is 0. The van der Waals surface area contributed by atoms with Gasteiger partial charge in [-0.3, -0.25) is 14.4 Å². The van der Waals surface area contributed by atoms with Crippen molar-refractivity contribution in [2.75, 3.05) is 0 Å². The summed E-state index contributed by atoms with van der Waals surface area (Å²) in [5, 5.41) is 13.8. The second-order valence-electron chi connectivity index (χ2n) is 9.50. The van der Waals surface area contributed by atoms with Crippen LogP contribution < -0.4 is 5.56 Å². The number of nitrogens with zero attached hydrogens (tertiary/aromatic N) is 2. The lowest BCUT2D eigenvalue weighted by Gasteiger charge is -2.25. The van der Waals surface area contributed by atoms with Gasteiger partial charge in [0.15, 0.2) is 0 Å². The Labute approximate surface area is 224 Å². The highest BCUT2D eigenvalue weighted by Crippen LogP contribution is 2.39. The molecule has 1 aromatic heterocycles. The summed E-state index contributed by atoms with van der Waals surface area (Å²) in [6.45, 7) is 1.81. The number of nitrogens with one attached hydrogen (secondary N) is 1. The number of benzene rings is 3. The van der Waals surface area contributed by atoms with Crippen LogP contribution in [0.3, 0.4) is 0 Å². The normalized spacial score (nSPS) is 15.4. The quantitative estimate of drug-likeness (QED) is 0.306. The molecule has 1 amide bonds. The molecule has 0 radical (unpaired) electrons. The van der Waals surface area contributed by atoms with E-state index in [1.807, 2.05) is 6.92 Å². The van der Waals surface area contributed by atoms with Crippen molar-refractivity contribution in [3.8, 4) is 11.1 Å². The zero-order valence-corrected chi connectivity index (χ0v) is 20.9. The molecule has 0 aliphatic carbocycles. The smallest absolute Gasteiger partial charge is 0.337 e. The summed E-state index contributed by atoms with van der Waals surface area (Å²) < 4.78 is 57.6. The molecule has 1 aliphatic rings. The van der Waals surface area contributed by atoms with Gasteiger partial charge in [0.2, 0.25) is 0 Å². The first-order chi connectivity index (χ1) is 18.9. The van der Waals surface area contributed by atoms with Crippen LogP contribution in [0.5, 0.6) is 0 Å². The number of carboxylic acid groups (broad SMARTS) is 1. The summed E-state index contributed by atoms with van der Waals surface area (Å²) in [4.78, 5) is 40.1. The first-order valence-corrected chi connectivity index (χ1v) is 12.1. The minimum absolute atomic E-state index is 0.0585. The monoisotopic (exact) mass is 551 g/mol. The molecular weight excluding hydrogens is 530 g/mol. The summed E-state index contributed by atoms with van der Waals surface area (Å²) in [6, 6.07) is 14.3. The number of rotatable bonds is 6. The molecule has 2 heterocycles. The van der Waals surface area contributed by atoms with Gasteiger partial charge in [0.05, 0.1) is 17.3 Å². The molecule has 0 bridgehead atoms. The third kappa shape index (κ3) is 4.97. The lowest BCUT2D eigenvalue weighted by atomic mass is 9.90. The molecule has 4 aromatic rings. The van der Waals surface area contributed by atoms with Crippen LogP contribution >= 0.6 is 0 Å².